The van der Waals surface area contributed by atoms with E-state index in [1.54, 1.807) is 18.2 Å². The zero-order chi connectivity index (χ0) is 14.7. The second-order valence-electron chi connectivity index (χ2n) is 4.01. The molecule has 0 heterocycles. The average molecular weight is 404 g/mol. The monoisotopic (exact) mass is 402 g/mol. The first-order valence-corrected chi connectivity index (χ1v) is 7.17. The summed E-state index contributed by atoms with van der Waals surface area (Å²) in [6.07, 6.45) is 0. The van der Waals surface area contributed by atoms with Crippen molar-refractivity contribution in [3.8, 4) is 0 Å². The average Bonchev–Trinajstić information content (AvgIpc) is 2.38. The van der Waals surface area contributed by atoms with Crippen molar-refractivity contribution in [2.45, 2.75) is 6.54 Å². The number of halogens is 3. The van der Waals surface area contributed by atoms with E-state index in [1.807, 2.05) is 0 Å². The van der Waals surface area contributed by atoms with Gasteiger partial charge in [-0.05, 0) is 29.8 Å². The highest BCUT2D eigenvalue weighted by atomic mass is 79.9. The summed E-state index contributed by atoms with van der Waals surface area (Å²) < 4.78 is 14.9. The van der Waals surface area contributed by atoms with E-state index in [2.05, 4.69) is 37.2 Å². The first kappa shape index (κ1) is 14.9. The quantitative estimate of drug-likeness (QED) is 0.585. The maximum absolute atomic E-state index is 13.6. The van der Waals surface area contributed by atoms with E-state index in [0.717, 1.165) is 5.56 Å². The number of non-ortho nitro benzene ring substituents is 1. The van der Waals surface area contributed by atoms with Gasteiger partial charge in [0.05, 0.1) is 10.6 Å². The highest BCUT2D eigenvalue weighted by molar-refractivity contribution is 9.10. The van der Waals surface area contributed by atoms with Gasteiger partial charge in [0.1, 0.15) is 5.82 Å². The van der Waals surface area contributed by atoms with Crippen molar-refractivity contribution in [2.24, 2.45) is 0 Å². The molecule has 7 heteroatoms. The molecule has 2 rings (SSSR count). The van der Waals surface area contributed by atoms with Crippen LogP contribution in [-0.2, 0) is 6.54 Å². The van der Waals surface area contributed by atoms with Crippen LogP contribution in [0.1, 0.15) is 5.56 Å². The number of nitro groups is 1. The first-order chi connectivity index (χ1) is 9.47. The van der Waals surface area contributed by atoms with Gasteiger partial charge in [0.15, 0.2) is 0 Å². The van der Waals surface area contributed by atoms with Gasteiger partial charge in [0.25, 0.3) is 5.69 Å². The summed E-state index contributed by atoms with van der Waals surface area (Å²) in [6.45, 7) is 0.358. The molecule has 2 aromatic rings. The van der Waals surface area contributed by atoms with Crippen LogP contribution in [0.2, 0.25) is 0 Å². The number of anilines is 1. The molecule has 0 amide bonds. The highest BCUT2D eigenvalue weighted by Crippen LogP contribution is 2.25. The number of nitro benzene ring substituents is 1. The van der Waals surface area contributed by atoms with Gasteiger partial charge in [-0.2, -0.15) is 0 Å². The molecule has 1 N–H and O–H groups in total. The van der Waals surface area contributed by atoms with Crippen molar-refractivity contribution in [1.29, 1.82) is 0 Å². The van der Waals surface area contributed by atoms with Gasteiger partial charge in [0, 0.05) is 27.6 Å². The molecule has 0 aromatic heterocycles. The van der Waals surface area contributed by atoms with Gasteiger partial charge in [0.2, 0.25) is 0 Å². The van der Waals surface area contributed by atoms with E-state index in [9.17, 15) is 14.5 Å². The van der Waals surface area contributed by atoms with Gasteiger partial charge in [-0.25, -0.2) is 4.39 Å². The van der Waals surface area contributed by atoms with E-state index in [-0.39, 0.29) is 11.5 Å². The molecule has 0 aliphatic heterocycles. The van der Waals surface area contributed by atoms with Crippen molar-refractivity contribution in [3.05, 3.63) is 66.8 Å². The summed E-state index contributed by atoms with van der Waals surface area (Å²) >= 11 is 6.46. The Hall–Kier alpha value is -1.47. The zero-order valence-electron chi connectivity index (χ0n) is 10.1. The molecule has 4 nitrogen and oxygen atoms in total. The molecule has 0 aliphatic rings. The Balaban J connectivity index is 2.13. The van der Waals surface area contributed by atoms with Gasteiger partial charge in [-0.1, -0.05) is 31.9 Å². The molecular formula is C13H9Br2FN2O2. The van der Waals surface area contributed by atoms with Crippen LogP contribution >= 0.6 is 31.9 Å². The Kier molecular flexibility index (Phi) is 4.72. The summed E-state index contributed by atoms with van der Waals surface area (Å²) in [5.74, 6) is -0.364. The third kappa shape index (κ3) is 3.55. The summed E-state index contributed by atoms with van der Waals surface area (Å²) in [4.78, 5) is 10.2. The van der Waals surface area contributed by atoms with Crippen LogP contribution in [0.3, 0.4) is 0 Å². The maximum Gasteiger partial charge on any atom is 0.270 e. The summed E-state index contributed by atoms with van der Waals surface area (Å²) in [7, 11) is 0. The molecule has 0 radical (unpaired) electrons. The van der Waals surface area contributed by atoms with Crippen molar-refractivity contribution >= 4 is 43.2 Å². The molecule has 20 heavy (non-hydrogen) atoms. The predicted octanol–water partition coefficient (Wildman–Crippen LogP) is 4.87. The number of rotatable bonds is 4. The third-order valence-electron chi connectivity index (χ3n) is 2.65. The lowest BCUT2D eigenvalue weighted by Gasteiger charge is -2.09. The lowest BCUT2D eigenvalue weighted by atomic mass is 10.2. The highest BCUT2D eigenvalue weighted by Gasteiger charge is 2.09. The Morgan fingerprint density at radius 1 is 1.20 bits per heavy atom. The second-order valence-corrected chi connectivity index (χ2v) is 5.78. The third-order valence-corrected chi connectivity index (χ3v) is 3.88. The van der Waals surface area contributed by atoms with Crippen LogP contribution in [0.4, 0.5) is 15.8 Å². The van der Waals surface area contributed by atoms with Crippen molar-refractivity contribution in [3.63, 3.8) is 0 Å². The number of hydrogen-bond acceptors (Lipinski definition) is 3. The molecule has 0 bridgehead atoms. The first-order valence-electron chi connectivity index (χ1n) is 5.59. The fourth-order valence-corrected chi connectivity index (χ4v) is 2.46. The van der Waals surface area contributed by atoms with E-state index >= 15 is 0 Å². The Morgan fingerprint density at radius 3 is 2.55 bits per heavy atom. The molecule has 0 unspecified atom stereocenters. The lowest BCUT2D eigenvalue weighted by molar-refractivity contribution is -0.384. The molecule has 0 aliphatic carbocycles. The summed E-state index contributed by atoms with van der Waals surface area (Å²) in [6, 6.07) is 9.20. The van der Waals surface area contributed by atoms with Gasteiger partial charge in [-0.3, -0.25) is 10.1 Å². The smallest absolute Gasteiger partial charge is 0.270 e. The van der Waals surface area contributed by atoms with E-state index in [4.69, 9.17) is 0 Å². The Labute approximate surface area is 131 Å². The van der Waals surface area contributed by atoms with Gasteiger partial charge in [-0.15, -0.1) is 0 Å². The van der Waals surface area contributed by atoms with Crippen molar-refractivity contribution in [2.75, 3.05) is 5.32 Å². The van der Waals surface area contributed by atoms with Crippen LogP contribution in [-0.4, -0.2) is 4.92 Å². The minimum atomic E-state index is -0.462. The van der Waals surface area contributed by atoms with Crippen LogP contribution in [0.15, 0.2) is 45.3 Å². The predicted molar refractivity (Wildman–Crippen MR) is 82.2 cm³/mol. The number of nitrogens with one attached hydrogen (secondary N) is 1. The molecule has 0 atom stereocenters. The van der Waals surface area contributed by atoms with Crippen LogP contribution in [0, 0.1) is 15.9 Å². The summed E-state index contributed by atoms with van der Waals surface area (Å²) in [5.41, 5.74) is 1.19. The topological polar surface area (TPSA) is 55.2 Å². The number of benzene rings is 2. The van der Waals surface area contributed by atoms with E-state index < -0.39 is 4.92 Å². The Bertz CT molecular complexity index is 665. The molecule has 0 spiro atoms. The van der Waals surface area contributed by atoms with Gasteiger partial charge >= 0.3 is 0 Å². The van der Waals surface area contributed by atoms with E-state index in [0.29, 0.717) is 21.2 Å². The van der Waals surface area contributed by atoms with E-state index in [1.165, 1.54) is 18.2 Å². The van der Waals surface area contributed by atoms with Gasteiger partial charge < -0.3 is 5.32 Å². The molecule has 0 saturated carbocycles. The number of nitrogens with zero attached hydrogens (tertiary/aromatic N) is 1. The molecule has 0 saturated heterocycles. The molecular weight excluding hydrogens is 395 g/mol. The SMILES string of the molecule is O=[N+]([O-])c1ccc(CNc2ccc(Br)cc2F)c(Br)c1. The minimum Gasteiger partial charge on any atom is -0.379 e. The fourth-order valence-electron chi connectivity index (χ4n) is 1.62. The number of hydrogen-bond donors (Lipinski definition) is 1. The molecule has 104 valence electrons. The van der Waals surface area contributed by atoms with Crippen LogP contribution < -0.4 is 5.32 Å². The largest absolute Gasteiger partial charge is 0.379 e. The summed E-state index contributed by atoms with van der Waals surface area (Å²) in [5, 5.41) is 13.6. The second kappa shape index (κ2) is 6.32. The van der Waals surface area contributed by atoms with Crippen molar-refractivity contribution < 1.29 is 9.31 Å². The van der Waals surface area contributed by atoms with Crippen LogP contribution in [0.5, 0.6) is 0 Å². The normalized spacial score (nSPS) is 10.3. The van der Waals surface area contributed by atoms with Crippen molar-refractivity contribution in [1.82, 2.24) is 0 Å². The fraction of sp³-hybridized carbons (Fsp3) is 0.0769. The zero-order valence-corrected chi connectivity index (χ0v) is 13.2. The molecule has 2 aromatic carbocycles. The lowest BCUT2D eigenvalue weighted by Crippen LogP contribution is -2.02. The molecule has 0 fully saturated rings. The standard InChI is InChI=1S/C13H9Br2FN2O2/c14-9-2-4-13(12(16)5-9)17-7-8-1-3-10(18(19)20)6-11(8)15/h1-6,17H,7H2. The minimum absolute atomic E-state index is 0.00967. The Morgan fingerprint density at radius 2 is 1.95 bits per heavy atom. The van der Waals surface area contributed by atoms with Crippen LogP contribution in [0.25, 0.3) is 0 Å². The maximum atomic E-state index is 13.6.